The quantitative estimate of drug-likeness (QED) is 0.812. The Hall–Kier alpha value is -1.10. The third kappa shape index (κ3) is 4.49. The van der Waals surface area contributed by atoms with Gasteiger partial charge in [-0.3, -0.25) is 4.79 Å². The molecule has 0 unspecified atom stereocenters. The summed E-state index contributed by atoms with van der Waals surface area (Å²) < 4.78 is 5.38. The van der Waals surface area contributed by atoms with Crippen LogP contribution >= 0.6 is 12.4 Å². The van der Waals surface area contributed by atoms with E-state index in [1.165, 1.54) is 11.1 Å². The molecule has 0 aromatic heterocycles. The van der Waals surface area contributed by atoms with Gasteiger partial charge in [-0.05, 0) is 37.1 Å². The minimum atomic E-state index is -0.0305. The lowest BCUT2D eigenvalue weighted by Crippen LogP contribution is -2.28. The second-order valence-corrected chi connectivity index (χ2v) is 4.76. The summed E-state index contributed by atoms with van der Waals surface area (Å²) in [5.41, 5.74) is 3.23. The highest BCUT2D eigenvalue weighted by Crippen LogP contribution is 2.16. The normalized spacial score (nSPS) is 13.0. The Balaban J connectivity index is 0.00000180. The molecule has 5 heteroatoms. The van der Waals surface area contributed by atoms with E-state index in [1.54, 1.807) is 0 Å². The molecule has 0 atom stereocenters. The molecule has 1 aliphatic rings. The summed E-state index contributed by atoms with van der Waals surface area (Å²) in [4.78, 5) is 11.9. The van der Waals surface area contributed by atoms with Gasteiger partial charge in [-0.25, -0.2) is 0 Å². The van der Waals surface area contributed by atoms with E-state index in [4.69, 9.17) is 4.74 Å². The first-order chi connectivity index (χ1) is 8.66. The highest BCUT2D eigenvalue weighted by atomic mass is 35.5. The lowest BCUT2D eigenvalue weighted by atomic mass is 10.1. The Bertz CT molecular complexity index is 435. The predicted molar refractivity (Wildman–Crippen MR) is 77.7 cm³/mol. The average molecular weight is 285 g/mol. The van der Waals surface area contributed by atoms with Gasteiger partial charge in [-0.15, -0.1) is 12.4 Å². The number of fused-ring (bicyclic) bond motifs is 1. The van der Waals surface area contributed by atoms with Crippen molar-refractivity contribution < 1.29 is 9.53 Å². The molecule has 1 aromatic carbocycles. The van der Waals surface area contributed by atoms with E-state index in [2.05, 4.69) is 10.6 Å². The van der Waals surface area contributed by atoms with E-state index in [9.17, 15) is 4.79 Å². The fourth-order valence-electron chi connectivity index (χ4n) is 2.00. The van der Waals surface area contributed by atoms with Crippen LogP contribution in [0.15, 0.2) is 18.2 Å². The molecular weight excluding hydrogens is 264 g/mol. The zero-order valence-corrected chi connectivity index (χ0v) is 12.2. The molecule has 2 rings (SSSR count). The fourth-order valence-corrected chi connectivity index (χ4v) is 2.00. The van der Waals surface area contributed by atoms with Gasteiger partial charge >= 0.3 is 0 Å². The van der Waals surface area contributed by atoms with E-state index in [1.807, 2.05) is 32.0 Å². The largest absolute Gasteiger partial charge is 0.377 e. The fraction of sp³-hybridized carbons (Fsp3) is 0.500. The number of ether oxygens (including phenoxy) is 1. The monoisotopic (exact) mass is 284 g/mol. The van der Waals surface area contributed by atoms with Gasteiger partial charge in [0.25, 0.3) is 5.91 Å². The molecule has 1 heterocycles. The maximum atomic E-state index is 11.9. The summed E-state index contributed by atoms with van der Waals surface area (Å²) in [7, 11) is 0. The number of benzene rings is 1. The van der Waals surface area contributed by atoms with Crippen molar-refractivity contribution in [2.75, 3.05) is 13.2 Å². The third-order valence-electron chi connectivity index (χ3n) is 2.94. The Morgan fingerprint density at radius 1 is 1.37 bits per heavy atom. The van der Waals surface area contributed by atoms with Crippen LogP contribution < -0.4 is 10.6 Å². The van der Waals surface area contributed by atoms with Gasteiger partial charge in [-0.2, -0.15) is 0 Å². The number of amides is 1. The Morgan fingerprint density at radius 2 is 2.11 bits per heavy atom. The summed E-state index contributed by atoms with van der Waals surface area (Å²) in [5, 5.41) is 6.13. The van der Waals surface area contributed by atoms with Gasteiger partial charge in [0.2, 0.25) is 0 Å². The number of hydrogen-bond acceptors (Lipinski definition) is 3. The van der Waals surface area contributed by atoms with Crippen LogP contribution in [0.5, 0.6) is 0 Å². The molecule has 4 nitrogen and oxygen atoms in total. The van der Waals surface area contributed by atoms with Gasteiger partial charge in [0.05, 0.1) is 12.7 Å². The summed E-state index contributed by atoms with van der Waals surface area (Å²) in [6, 6.07) is 5.87. The first-order valence-electron chi connectivity index (χ1n) is 6.39. The molecule has 0 saturated heterocycles. The average Bonchev–Trinajstić information content (AvgIpc) is 2.81. The van der Waals surface area contributed by atoms with Crippen molar-refractivity contribution in [2.24, 2.45) is 0 Å². The molecule has 0 bridgehead atoms. The van der Waals surface area contributed by atoms with E-state index in [0.29, 0.717) is 13.2 Å². The van der Waals surface area contributed by atoms with Crippen molar-refractivity contribution in [3.8, 4) is 0 Å². The number of carbonyl (C=O) groups is 1. The standard InChI is InChI=1S/C14H20N2O2.ClH/c1-10(2)18-6-5-16-14(17)11-3-4-12-8-15-9-13(12)7-11;/h3-4,7,10,15H,5-6,8-9H2,1-2H3,(H,16,17);1H. The van der Waals surface area contributed by atoms with Crippen LogP contribution in [-0.2, 0) is 17.8 Å². The van der Waals surface area contributed by atoms with Crippen LogP contribution in [0.25, 0.3) is 0 Å². The predicted octanol–water partition coefficient (Wildman–Crippen LogP) is 1.87. The Kier molecular flexibility index (Phi) is 6.28. The van der Waals surface area contributed by atoms with E-state index >= 15 is 0 Å². The van der Waals surface area contributed by atoms with Gasteiger partial charge in [0.15, 0.2) is 0 Å². The number of nitrogens with one attached hydrogen (secondary N) is 2. The first-order valence-corrected chi connectivity index (χ1v) is 6.39. The van der Waals surface area contributed by atoms with Crippen molar-refractivity contribution >= 4 is 18.3 Å². The van der Waals surface area contributed by atoms with Gasteiger partial charge in [0, 0.05) is 25.2 Å². The molecule has 0 spiro atoms. The van der Waals surface area contributed by atoms with Crippen molar-refractivity contribution in [1.82, 2.24) is 10.6 Å². The molecule has 1 amide bonds. The molecule has 0 aliphatic carbocycles. The molecular formula is C14H21ClN2O2. The second kappa shape index (κ2) is 7.48. The number of rotatable bonds is 5. The molecule has 0 radical (unpaired) electrons. The van der Waals surface area contributed by atoms with Crippen LogP contribution in [0.4, 0.5) is 0 Å². The summed E-state index contributed by atoms with van der Waals surface area (Å²) in [6.45, 7) is 6.82. The van der Waals surface area contributed by atoms with E-state index in [0.717, 1.165) is 18.7 Å². The summed E-state index contributed by atoms with van der Waals surface area (Å²) >= 11 is 0. The number of hydrogen-bond donors (Lipinski definition) is 2. The van der Waals surface area contributed by atoms with Crippen LogP contribution in [-0.4, -0.2) is 25.2 Å². The zero-order chi connectivity index (χ0) is 13.0. The molecule has 0 fully saturated rings. The van der Waals surface area contributed by atoms with Crippen LogP contribution in [0.1, 0.15) is 35.3 Å². The molecule has 1 aromatic rings. The van der Waals surface area contributed by atoms with Crippen molar-refractivity contribution in [3.63, 3.8) is 0 Å². The van der Waals surface area contributed by atoms with Gasteiger partial charge in [-0.1, -0.05) is 6.07 Å². The third-order valence-corrected chi connectivity index (χ3v) is 2.94. The molecule has 1 aliphatic heterocycles. The maximum absolute atomic E-state index is 11.9. The van der Waals surface area contributed by atoms with E-state index < -0.39 is 0 Å². The topological polar surface area (TPSA) is 50.4 Å². The number of halogens is 1. The highest BCUT2D eigenvalue weighted by molar-refractivity contribution is 5.94. The Morgan fingerprint density at radius 3 is 2.84 bits per heavy atom. The van der Waals surface area contributed by atoms with Gasteiger partial charge in [0.1, 0.15) is 0 Å². The van der Waals surface area contributed by atoms with Gasteiger partial charge < -0.3 is 15.4 Å². The minimum Gasteiger partial charge on any atom is -0.377 e. The van der Waals surface area contributed by atoms with Crippen LogP contribution in [0, 0.1) is 0 Å². The number of carbonyl (C=O) groups excluding carboxylic acids is 1. The lowest BCUT2D eigenvalue weighted by molar-refractivity contribution is 0.0746. The second-order valence-electron chi connectivity index (χ2n) is 4.76. The SMILES string of the molecule is CC(C)OCCNC(=O)c1ccc2c(c1)CNC2.Cl. The van der Waals surface area contributed by atoms with Crippen LogP contribution in [0.2, 0.25) is 0 Å². The highest BCUT2D eigenvalue weighted by Gasteiger charge is 2.13. The minimum absolute atomic E-state index is 0. The lowest BCUT2D eigenvalue weighted by Gasteiger charge is -2.09. The molecule has 0 saturated carbocycles. The Labute approximate surface area is 120 Å². The van der Waals surface area contributed by atoms with Crippen molar-refractivity contribution in [1.29, 1.82) is 0 Å². The molecule has 106 valence electrons. The first kappa shape index (κ1) is 16.0. The van der Waals surface area contributed by atoms with Crippen molar-refractivity contribution in [2.45, 2.75) is 33.0 Å². The zero-order valence-electron chi connectivity index (χ0n) is 11.4. The molecule has 19 heavy (non-hydrogen) atoms. The summed E-state index contributed by atoms with van der Waals surface area (Å²) in [6.07, 6.45) is 0.202. The summed E-state index contributed by atoms with van der Waals surface area (Å²) in [5.74, 6) is -0.0305. The smallest absolute Gasteiger partial charge is 0.251 e. The maximum Gasteiger partial charge on any atom is 0.251 e. The molecule has 2 N–H and O–H groups in total. The van der Waals surface area contributed by atoms with Crippen molar-refractivity contribution in [3.05, 3.63) is 34.9 Å². The van der Waals surface area contributed by atoms with E-state index in [-0.39, 0.29) is 24.4 Å². The van der Waals surface area contributed by atoms with Crippen LogP contribution in [0.3, 0.4) is 0 Å².